The Morgan fingerprint density at radius 3 is 2.75 bits per heavy atom. The van der Waals surface area contributed by atoms with Crippen LogP contribution in [0.25, 0.3) is 0 Å². The maximum absolute atomic E-state index is 11.3. The number of hydrogen-bond acceptors (Lipinski definition) is 4. The summed E-state index contributed by atoms with van der Waals surface area (Å²) in [5.74, 6) is 0.661. The first kappa shape index (κ1) is 14.5. The van der Waals surface area contributed by atoms with Crippen LogP contribution in [0.5, 0.6) is 5.75 Å². The van der Waals surface area contributed by atoms with Crippen molar-refractivity contribution in [2.24, 2.45) is 5.92 Å². The number of nitrogens with zero attached hydrogens (tertiary/aromatic N) is 1. The molecule has 0 heterocycles. The maximum atomic E-state index is 11.3. The van der Waals surface area contributed by atoms with Crippen molar-refractivity contribution in [2.75, 3.05) is 0 Å². The van der Waals surface area contributed by atoms with Gasteiger partial charge >= 0.3 is 5.69 Å². The van der Waals surface area contributed by atoms with Gasteiger partial charge in [-0.1, -0.05) is 13.3 Å². The van der Waals surface area contributed by atoms with Gasteiger partial charge in [-0.05, 0) is 44.2 Å². The molecule has 1 fully saturated rings. The number of rotatable bonds is 4. The van der Waals surface area contributed by atoms with E-state index in [0.717, 1.165) is 19.3 Å². The highest BCUT2D eigenvalue weighted by molar-refractivity contribution is 5.95. The van der Waals surface area contributed by atoms with E-state index in [4.69, 9.17) is 4.74 Å². The lowest BCUT2D eigenvalue weighted by Crippen LogP contribution is -2.24. The van der Waals surface area contributed by atoms with Crippen LogP contribution in [0.4, 0.5) is 5.69 Å². The number of hydrogen-bond donors (Lipinski definition) is 0. The molecule has 20 heavy (non-hydrogen) atoms. The third-order valence-electron chi connectivity index (χ3n) is 3.74. The Hall–Kier alpha value is -1.91. The molecule has 0 aliphatic heterocycles. The smallest absolute Gasteiger partial charge is 0.311 e. The van der Waals surface area contributed by atoms with Crippen LogP contribution in [0.3, 0.4) is 0 Å². The zero-order chi connectivity index (χ0) is 14.7. The molecule has 0 bridgehead atoms. The predicted molar refractivity (Wildman–Crippen MR) is 75.1 cm³/mol. The molecular formula is C15H19NO4. The minimum atomic E-state index is -0.492. The minimum Gasteiger partial charge on any atom is -0.483 e. The molecule has 0 saturated heterocycles. The van der Waals surface area contributed by atoms with E-state index in [1.54, 1.807) is 6.07 Å². The Balaban J connectivity index is 2.22. The van der Waals surface area contributed by atoms with E-state index < -0.39 is 4.92 Å². The fourth-order valence-electron chi connectivity index (χ4n) is 2.64. The largest absolute Gasteiger partial charge is 0.483 e. The number of carbonyl (C=O) groups excluding carboxylic acids is 1. The second-order valence-electron chi connectivity index (χ2n) is 5.51. The topological polar surface area (TPSA) is 69.4 Å². The summed E-state index contributed by atoms with van der Waals surface area (Å²) in [6.45, 7) is 3.56. The van der Waals surface area contributed by atoms with Gasteiger partial charge in [0, 0.05) is 11.6 Å². The Morgan fingerprint density at radius 2 is 2.15 bits per heavy atom. The zero-order valence-electron chi connectivity index (χ0n) is 11.8. The van der Waals surface area contributed by atoms with E-state index in [0.29, 0.717) is 11.5 Å². The molecule has 1 aromatic carbocycles. The Bertz CT molecular complexity index is 527. The number of ether oxygens (including phenoxy) is 1. The van der Waals surface area contributed by atoms with Gasteiger partial charge in [-0.15, -0.1) is 0 Å². The lowest BCUT2D eigenvalue weighted by Gasteiger charge is -2.27. The van der Waals surface area contributed by atoms with Gasteiger partial charge in [-0.25, -0.2) is 0 Å². The molecule has 2 unspecified atom stereocenters. The summed E-state index contributed by atoms with van der Waals surface area (Å²) in [5.41, 5.74) is 0.206. The van der Waals surface area contributed by atoms with Crippen LogP contribution in [0, 0.1) is 16.0 Å². The number of nitro groups is 1. The highest BCUT2D eigenvalue weighted by atomic mass is 16.6. The Labute approximate surface area is 118 Å². The molecule has 5 heteroatoms. The molecule has 0 radical (unpaired) electrons. The van der Waals surface area contributed by atoms with Crippen molar-refractivity contribution < 1.29 is 14.5 Å². The number of Topliss-reactive ketones (excluding diaryl/α,β-unsaturated/α-hetero) is 1. The third-order valence-corrected chi connectivity index (χ3v) is 3.74. The summed E-state index contributed by atoms with van der Waals surface area (Å²) in [7, 11) is 0. The summed E-state index contributed by atoms with van der Waals surface area (Å²) in [6.07, 6.45) is 4.15. The van der Waals surface area contributed by atoms with E-state index in [9.17, 15) is 14.9 Å². The van der Waals surface area contributed by atoms with Crippen LogP contribution in [-0.4, -0.2) is 16.8 Å². The SMILES string of the molecule is CC(=O)c1ccc(OC2CCCC(C)C2)c([N+](=O)[O-])c1. The van der Waals surface area contributed by atoms with Crippen LogP contribution in [0.15, 0.2) is 18.2 Å². The Morgan fingerprint density at radius 1 is 1.40 bits per heavy atom. The van der Waals surface area contributed by atoms with Gasteiger partial charge in [-0.2, -0.15) is 0 Å². The minimum absolute atomic E-state index is 0.0284. The van der Waals surface area contributed by atoms with Crippen LogP contribution >= 0.6 is 0 Å². The van der Waals surface area contributed by atoms with Gasteiger partial charge in [-0.3, -0.25) is 14.9 Å². The van der Waals surface area contributed by atoms with Crippen molar-refractivity contribution in [3.8, 4) is 5.75 Å². The fourth-order valence-corrected chi connectivity index (χ4v) is 2.64. The summed E-state index contributed by atoms with van der Waals surface area (Å²) < 4.78 is 5.80. The highest BCUT2D eigenvalue weighted by Gasteiger charge is 2.24. The molecule has 108 valence electrons. The monoisotopic (exact) mass is 277 g/mol. The average molecular weight is 277 g/mol. The summed E-state index contributed by atoms with van der Waals surface area (Å²) in [6, 6.07) is 4.41. The van der Waals surface area contributed by atoms with E-state index in [1.807, 2.05) is 0 Å². The molecule has 2 atom stereocenters. The highest BCUT2D eigenvalue weighted by Crippen LogP contribution is 2.33. The molecular weight excluding hydrogens is 258 g/mol. The standard InChI is InChI=1S/C15H19NO4/c1-10-4-3-5-13(8-10)20-15-7-6-12(11(2)17)9-14(15)16(18)19/h6-7,9-10,13H,3-5,8H2,1-2H3. The molecule has 0 N–H and O–H groups in total. The van der Waals surface area contributed by atoms with E-state index >= 15 is 0 Å². The zero-order valence-corrected chi connectivity index (χ0v) is 11.8. The van der Waals surface area contributed by atoms with Gasteiger partial charge in [0.25, 0.3) is 0 Å². The molecule has 1 aliphatic carbocycles. The van der Waals surface area contributed by atoms with Crippen molar-refractivity contribution in [3.05, 3.63) is 33.9 Å². The second-order valence-corrected chi connectivity index (χ2v) is 5.51. The third kappa shape index (κ3) is 3.35. The number of carbonyl (C=O) groups is 1. The number of benzene rings is 1. The average Bonchev–Trinajstić information content (AvgIpc) is 2.38. The normalized spacial score (nSPS) is 22.3. The van der Waals surface area contributed by atoms with Crippen molar-refractivity contribution in [3.63, 3.8) is 0 Å². The molecule has 1 aliphatic rings. The lowest BCUT2D eigenvalue weighted by atomic mass is 9.89. The van der Waals surface area contributed by atoms with Crippen LogP contribution < -0.4 is 4.74 Å². The van der Waals surface area contributed by atoms with Gasteiger partial charge in [0.2, 0.25) is 0 Å². The van der Waals surface area contributed by atoms with Crippen LogP contribution in [0.2, 0.25) is 0 Å². The molecule has 0 amide bonds. The summed E-state index contributed by atoms with van der Waals surface area (Å²) in [4.78, 5) is 21.9. The first-order valence-corrected chi connectivity index (χ1v) is 6.93. The molecule has 2 rings (SSSR count). The molecule has 1 aromatic rings. The maximum Gasteiger partial charge on any atom is 0.311 e. The first-order chi connectivity index (χ1) is 9.47. The van der Waals surface area contributed by atoms with Gasteiger partial charge < -0.3 is 4.74 Å². The van der Waals surface area contributed by atoms with Gasteiger partial charge in [0.05, 0.1) is 11.0 Å². The molecule has 1 saturated carbocycles. The van der Waals surface area contributed by atoms with Gasteiger partial charge in [0.15, 0.2) is 11.5 Å². The van der Waals surface area contributed by atoms with Crippen molar-refractivity contribution in [1.29, 1.82) is 0 Å². The second kappa shape index (κ2) is 6.03. The molecule has 0 aromatic heterocycles. The Kier molecular flexibility index (Phi) is 4.37. The number of ketones is 1. The molecule has 5 nitrogen and oxygen atoms in total. The fraction of sp³-hybridized carbons (Fsp3) is 0.533. The van der Waals surface area contributed by atoms with E-state index in [2.05, 4.69) is 6.92 Å². The van der Waals surface area contributed by atoms with Crippen LogP contribution in [-0.2, 0) is 0 Å². The summed E-state index contributed by atoms with van der Waals surface area (Å²) in [5, 5.41) is 11.1. The van der Waals surface area contributed by atoms with Crippen molar-refractivity contribution >= 4 is 11.5 Å². The van der Waals surface area contributed by atoms with E-state index in [1.165, 1.54) is 25.5 Å². The van der Waals surface area contributed by atoms with Crippen LogP contribution in [0.1, 0.15) is 49.9 Å². The van der Waals surface area contributed by atoms with Gasteiger partial charge in [0.1, 0.15) is 0 Å². The van der Waals surface area contributed by atoms with E-state index in [-0.39, 0.29) is 23.3 Å². The molecule has 0 spiro atoms. The predicted octanol–water partition coefficient (Wildman–Crippen LogP) is 3.75. The summed E-state index contributed by atoms with van der Waals surface area (Å²) >= 11 is 0. The lowest BCUT2D eigenvalue weighted by molar-refractivity contribution is -0.386. The first-order valence-electron chi connectivity index (χ1n) is 6.93. The quantitative estimate of drug-likeness (QED) is 0.477. The number of nitro benzene ring substituents is 1. The van der Waals surface area contributed by atoms with Crippen molar-refractivity contribution in [1.82, 2.24) is 0 Å². The van der Waals surface area contributed by atoms with Crippen molar-refractivity contribution in [2.45, 2.75) is 45.6 Å².